The first-order valence-corrected chi connectivity index (χ1v) is 11.4. The summed E-state index contributed by atoms with van der Waals surface area (Å²) in [5.74, 6) is 0.513. The molecule has 11 heteroatoms. The van der Waals surface area contributed by atoms with Crippen LogP contribution in [-0.4, -0.2) is 73.1 Å². The number of aliphatic hydroxyl groups is 1. The SMILES string of the molecule is CC1CC(CO)n2c1c(N1CCN(C(=O)OC(C)(C)C)[C@H](C)C1)c(=O)n1nc(Br)nc21. The van der Waals surface area contributed by atoms with Gasteiger partial charge in [-0.2, -0.15) is 9.50 Å². The van der Waals surface area contributed by atoms with Crippen molar-refractivity contribution in [2.75, 3.05) is 31.1 Å². The number of hydrogen-bond acceptors (Lipinski definition) is 7. The molecule has 0 radical (unpaired) electrons. The lowest BCUT2D eigenvalue weighted by Gasteiger charge is -2.41. The number of rotatable bonds is 2. The van der Waals surface area contributed by atoms with Crippen molar-refractivity contribution < 1.29 is 14.6 Å². The van der Waals surface area contributed by atoms with Crippen LogP contribution in [0.3, 0.4) is 0 Å². The topological polar surface area (TPSA) is 105 Å². The van der Waals surface area contributed by atoms with Gasteiger partial charge in [0.1, 0.15) is 11.3 Å². The van der Waals surface area contributed by atoms with Gasteiger partial charge in [-0.1, -0.05) is 6.92 Å². The first-order chi connectivity index (χ1) is 14.5. The second-order valence-electron chi connectivity index (χ2n) is 9.44. The molecule has 1 fully saturated rings. The number of piperazine rings is 1. The molecule has 2 aliphatic heterocycles. The zero-order chi connectivity index (χ0) is 22.7. The molecule has 2 aromatic heterocycles. The lowest BCUT2D eigenvalue weighted by Crippen LogP contribution is -2.56. The minimum atomic E-state index is -0.562. The molecule has 31 heavy (non-hydrogen) atoms. The van der Waals surface area contributed by atoms with Crippen molar-refractivity contribution in [3.63, 3.8) is 0 Å². The molecule has 0 spiro atoms. The highest BCUT2D eigenvalue weighted by atomic mass is 79.9. The first-order valence-electron chi connectivity index (χ1n) is 10.6. The van der Waals surface area contributed by atoms with Crippen molar-refractivity contribution in [2.24, 2.45) is 0 Å². The lowest BCUT2D eigenvalue weighted by atomic mass is 10.0. The Kier molecular flexibility index (Phi) is 5.53. The van der Waals surface area contributed by atoms with E-state index in [0.717, 1.165) is 12.1 Å². The molecule has 2 unspecified atom stereocenters. The van der Waals surface area contributed by atoms with E-state index in [1.807, 2.05) is 37.2 Å². The Morgan fingerprint density at radius 2 is 2.00 bits per heavy atom. The number of aliphatic hydroxyl groups excluding tert-OH is 1. The van der Waals surface area contributed by atoms with Crippen molar-refractivity contribution >= 4 is 33.5 Å². The maximum absolute atomic E-state index is 13.5. The Morgan fingerprint density at radius 1 is 1.29 bits per heavy atom. The largest absolute Gasteiger partial charge is 0.444 e. The van der Waals surface area contributed by atoms with Gasteiger partial charge in [-0.25, -0.2) is 4.79 Å². The molecule has 1 amide bonds. The summed E-state index contributed by atoms with van der Waals surface area (Å²) in [6.45, 7) is 11.0. The molecule has 0 bridgehead atoms. The first kappa shape index (κ1) is 22.1. The van der Waals surface area contributed by atoms with Gasteiger partial charge >= 0.3 is 6.09 Å². The van der Waals surface area contributed by atoms with Gasteiger partial charge in [0, 0.05) is 31.6 Å². The van der Waals surface area contributed by atoms with Crippen LogP contribution in [0, 0.1) is 0 Å². The van der Waals surface area contributed by atoms with Crippen LogP contribution in [0.1, 0.15) is 58.7 Å². The fourth-order valence-corrected chi connectivity index (χ4v) is 4.98. The smallest absolute Gasteiger partial charge is 0.410 e. The van der Waals surface area contributed by atoms with Gasteiger partial charge in [0.25, 0.3) is 5.56 Å². The van der Waals surface area contributed by atoms with Crippen molar-refractivity contribution in [3.05, 3.63) is 20.8 Å². The third-order valence-corrected chi connectivity index (χ3v) is 6.25. The Hall–Kier alpha value is -2.14. The molecule has 2 aliphatic rings. The summed E-state index contributed by atoms with van der Waals surface area (Å²) in [4.78, 5) is 34.2. The lowest BCUT2D eigenvalue weighted by molar-refractivity contribution is 0.0159. The third kappa shape index (κ3) is 3.82. The van der Waals surface area contributed by atoms with Crippen molar-refractivity contribution in [1.82, 2.24) is 24.1 Å². The van der Waals surface area contributed by atoms with Gasteiger partial charge < -0.3 is 24.2 Å². The van der Waals surface area contributed by atoms with Crippen LogP contribution in [0.25, 0.3) is 5.78 Å². The van der Waals surface area contributed by atoms with E-state index in [-0.39, 0.29) is 36.3 Å². The van der Waals surface area contributed by atoms with E-state index in [1.165, 1.54) is 4.52 Å². The van der Waals surface area contributed by atoms with Crippen LogP contribution in [0.4, 0.5) is 10.5 Å². The zero-order valence-electron chi connectivity index (χ0n) is 18.5. The summed E-state index contributed by atoms with van der Waals surface area (Å²) in [5.41, 5.74) is 0.648. The number of hydrogen-bond donors (Lipinski definition) is 1. The molecule has 1 N–H and O–H groups in total. The average Bonchev–Trinajstić information content (AvgIpc) is 3.20. The summed E-state index contributed by atoms with van der Waals surface area (Å²) in [6, 6.07) is -0.296. The minimum absolute atomic E-state index is 0.0391. The Labute approximate surface area is 188 Å². The molecule has 170 valence electrons. The minimum Gasteiger partial charge on any atom is -0.444 e. The van der Waals surface area contributed by atoms with Crippen LogP contribution in [0.2, 0.25) is 0 Å². The van der Waals surface area contributed by atoms with E-state index in [4.69, 9.17) is 4.74 Å². The van der Waals surface area contributed by atoms with Crippen LogP contribution in [-0.2, 0) is 4.74 Å². The van der Waals surface area contributed by atoms with Gasteiger partial charge in [0.05, 0.1) is 18.3 Å². The summed E-state index contributed by atoms with van der Waals surface area (Å²) < 4.78 is 9.12. The monoisotopic (exact) mass is 496 g/mol. The highest BCUT2D eigenvalue weighted by molar-refractivity contribution is 9.10. The Bertz CT molecular complexity index is 1070. The van der Waals surface area contributed by atoms with Gasteiger partial charge in [0.15, 0.2) is 0 Å². The number of halogens is 1. The van der Waals surface area contributed by atoms with E-state index < -0.39 is 5.60 Å². The standard InChI is InChI=1S/C20H29BrN6O4/c1-11-8-13(10-28)26-14(11)15(16(29)27-18(26)22-17(21)23-27)24-6-7-25(12(2)9-24)19(30)31-20(3,4)5/h11-13,28H,6-10H2,1-5H3/t11?,12-,13?/m1/s1. The zero-order valence-corrected chi connectivity index (χ0v) is 20.1. The highest BCUT2D eigenvalue weighted by Gasteiger charge is 2.38. The second-order valence-corrected chi connectivity index (χ2v) is 10.2. The molecule has 10 nitrogen and oxygen atoms in total. The van der Waals surface area contributed by atoms with Crippen molar-refractivity contribution in [3.8, 4) is 0 Å². The van der Waals surface area contributed by atoms with Gasteiger partial charge in [0.2, 0.25) is 10.5 Å². The van der Waals surface area contributed by atoms with Gasteiger partial charge in [-0.15, -0.1) is 5.10 Å². The summed E-state index contributed by atoms with van der Waals surface area (Å²) in [5, 5.41) is 14.2. The van der Waals surface area contributed by atoms with E-state index in [0.29, 0.717) is 35.8 Å². The van der Waals surface area contributed by atoms with Crippen LogP contribution < -0.4 is 10.5 Å². The molecule has 2 aromatic rings. The number of amides is 1. The predicted molar refractivity (Wildman–Crippen MR) is 119 cm³/mol. The van der Waals surface area contributed by atoms with E-state index >= 15 is 0 Å². The fraction of sp³-hybridized carbons (Fsp3) is 0.700. The number of carbonyl (C=O) groups excluding carboxylic acids is 1. The highest BCUT2D eigenvalue weighted by Crippen LogP contribution is 2.41. The van der Waals surface area contributed by atoms with Crippen LogP contribution in [0.15, 0.2) is 9.53 Å². The Balaban J connectivity index is 1.73. The number of nitrogens with zero attached hydrogens (tertiary/aromatic N) is 6. The Morgan fingerprint density at radius 3 is 2.61 bits per heavy atom. The average molecular weight is 497 g/mol. The van der Waals surface area contributed by atoms with E-state index in [9.17, 15) is 14.7 Å². The molecule has 3 atom stereocenters. The van der Waals surface area contributed by atoms with Crippen LogP contribution >= 0.6 is 15.9 Å². The number of ether oxygens (including phenoxy) is 1. The molecule has 0 aromatic carbocycles. The maximum atomic E-state index is 13.5. The molecule has 0 aliphatic carbocycles. The molecule has 1 saturated heterocycles. The molecular formula is C20H29BrN6O4. The molecule has 0 saturated carbocycles. The third-order valence-electron chi connectivity index (χ3n) is 5.92. The normalized spacial score (nSPS) is 24.0. The second kappa shape index (κ2) is 7.77. The van der Waals surface area contributed by atoms with E-state index in [2.05, 4.69) is 32.9 Å². The number of carbonyl (C=O) groups is 1. The quantitative estimate of drug-likeness (QED) is 0.678. The van der Waals surface area contributed by atoms with Crippen molar-refractivity contribution in [1.29, 1.82) is 0 Å². The summed E-state index contributed by atoms with van der Waals surface area (Å²) >= 11 is 3.27. The van der Waals surface area contributed by atoms with Crippen molar-refractivity contribution in [2.45, 2.75) is 64.6 Å². The maximum Gasteiger partial charge on any atom is 0.410 e. The number of aromatic nitrogens is 4. The fourth-order valence-electron chi connectivity index (χ4n) is 4.67. The molecule has 4 heterocycles. The van der Waals surface area contributed by atoms with E-state index in [1.54, 1.807) is 4.90 Å². The summed E-state index contributed by atoms with van der Waals surface area (Å²) in [6.07, 6.45) is 0.381. The molecular weight excluding hydrogens is 468 g/mol. The number of fused-ring (bicyclic) bond motifs is 3. The van der Waals surface area contributed by atoms with Gasteiger partial charge in [-0.3, -0.25) is 4.79 Å². The van der Waals surface area contributed by atoms with Crippen LogP contribution in [0.5, 0.6) is 0 Å². The summed E-state index contributed by atoms with van der Waals surface area (Å²) in [7, 11) is 0. The predicted octanol–water partition coefficient (Wildman–Crippen LogP) is 2.14. The molecule has 4 rings (SSSR count). The number of anilines is 1. The van der Waals surface area contributed by atoms with Gasteiger partial charge in [-0.05, 0) is 50.0 Å².